The van der Waals surface area contributed by atoms with Crippen molar-refractivity contribution in [2.75, 3.05) is 26.4 Å². The van der Waals surface area contributed by atoms with Crippen molar-refractivity contribution in [2.24, 2.45) is 0 Å². The lowest BCUT2D eigenvalue weighted by Crippen LogP contribution is -2.66. The van der Waals surface area contributed by atoms with E-state index < -0.39 is 124 Å². The molecule has 668 valence electrons. The van der Waals surface area contributed by atoms with Gasteiger partial charge >= 0.3 is 0 Å². The molecule has 17 atom stereocenters. The molecule has 3 saturated heterocycles. The lowest BCUT2D eigenvalue weighted by molar-refractivity contribution is -0.379. The first kappa shape index (κ1) is 106. The number of allylic oxidation sites excluding steroid dienone is 21. The number of unbranched alkanes of at least 4 members (excludes halogenated alkanes) is 38. The summed E-state index contributed by atoms with van der Waals surface area (Å²) in [5.74, 6) is -0.290. The first-order valence-corrected chi connectivity index (χ1v) is 46.4. The fourth-order valence-electron chi connectivity index (χ4n) is 14.9. The third kappa shape index (κ3) is 52.3. The molecule has 0 aliphatic carbocycles. The smallest absolute Gasteiger partial charge is 0.220 e. The Labute approximate surface area is 702 Å². The fraction of sp³-hybridized carbons (Fsp3) is 0.763. The van der Waals surface area contributed by atoms with Crippen molar-refractivity contribution >= 4 is 5.91 Å². The first-order valence-electron chi connectivity index (χ1n) is 46.4. The highest BCUT2D eigenvalue weighted by atomic mass is 16.8. The Morgan fingerprint density at radius 2 is 0.603 bits per heavy atom. The number of hydrogen-bond donors (Lipinski definition) is 12. The van der Waals surface area contributed by atoms with Crippen LogP contribution in [0.1, 0.15) is 341 Å². The van der Waals surface area contributed by atoms with E-state index in [-0.39, 0.29) is 18.9 Å². The van der Waals surface area contributed by atoms with Crippen LogP contribution in [0.5, 0.6) is 0 Å². The maximum atomic E-state index is 13.5. The lowest BCUT2D eigenvalue weighted by Gasteiger charge is -2.48. The molecule has 0 spiro atoms. The second-order valence-electron chi connectivity index (χ2n) is 32.4. The minimum absolute atomic E-state index is 0.224. The van der Waals surface area contributed by atoms with Crippen LogP contribution in [0, 0.1) is 0 Å². The zero-order valence-electron chi connectivity index (χ0n) is 72.2. The van der Waals surface area contributed by atoms with Gasteiger partial charge in [0.05, 0.1) is 38.6 Å². The summed E-state index contributed by atoms with van der Waals surface area (Å²) in [5, 5.41) is 121. The standard InChI is InChI=1S/C97H167NO18/c1-3-5-7-9-11-13-15-17-19-21-23-25-27-29-31-33-35-37-38-39-40-41-42-43-45-47-49-51-53-55-57-59-61-63-65-67-69-71-73-75-85(103)98-80(81(102)74-72-70-68-66-64-62-60-58-56-54-52-50-48-46-44-36-34-32-30-28-26-24-22-20-18-16-14-12-10-8-6-4-2)79-111-95-91(109)88(106)93(83(77-100)113-95)116-97-92(110)89(107)94(84(78-101)114-97)115-96-90(108)87(105)86(104)82(76-99)112-96/h5,7,11,13,17,19,23,25,29,31,35,37,39-40,42-43,47,49,64,66,72,74,80-84,86-97,99-102,104-110H,3-4,6,8-10,12,14-16,18,20-22,24,26-28,30,32-34,36,38,41,44-46,48,50-63,65,67-71,73,75-79H2,1-2H3,(H,98,103)/b7-5-,13-11-,19-17-,25-23-,31-29-,37-35-,40-39-,43-42-,49-47-,66-64+,74-72+. The molecule has 0 aromatic heterocycles. The van der Waals surface area contributed by atoms with Gasteiger partial charge in [-0.2, -0.15) is 0 Å². The fourth-order valence-corrected chi connectivity index (χ4v) is 14.9. The van der Waals surface area contributed by atoms with Crippen LogP contribution in [0.2, 0.25) is 0 Å². The van der Waals surface area contributed by atoms with Crippen molar-refractivity contribution in [3.05, 3.63) is 134 Å². The first-order chi connectivity index (χ1) is 56.8. The Hall–Kier alpha value is -4.07. The number of nitrogens with one attached hydrogen (secondary N) is 1. The molecule has 1 amide bonds. The van der Waals surface area contributed by atoms with Gasteiger partial charge in [-0.1, -0.05) is 366 Å². The molecule has 0 saturated carbocycles. The van der Waals surface area contributed by atoms with E-state index in [9.17, 15) is 61.0 Å². The third-order valence-corrected chi connectivity index (χ3v) is 22.2. The lowest BCUT2D eigenvalue weighted by atomic mass is 9.96. The predicted molar refractivity (Wildman–Crippen MR) is 470 cm³/mol. The van der Waals surface area contributed by atoms with E-state index in [4.69, 9.17) is 28.4 Å². The topological polar surface area (TPSA) is 307 Å². The summed E-state index contributed by atoms with van der Waals surface area (Å²) >= 11 is 0. The quantitative estimate of drug-likeness (QED) is 0.0199. The minimum Gasteiger partial charge on any atom is -0.394 e. The molecule has 116 heavy (non-hydrogen) atoms. The van der Waals surface area contributed by atoms with E-state index in [2.05, 4.69) is 141 Å². The normalized spacial score (nSPS) is 25.1. The molecular weight excluding hydrogens is 1470 g/mol. The van der Waals surface area contributed by atoms with Gasteiger partial charge in [-0.15, -0.1) is 0 Å². The van der Waals surface area contributed by atoms with Gasteiger partial charge in [0.15, 0.2) is 18.9 Å². The summed E-state index contributed by atoms with van der Waals surface area (Å²) in [4.78, 5) is 13.5. The van der Waals surface area contributed by atoms with Crippen LogP contribution in [-0.2, 0) is 33.2 Å². The maximum Gasteiger partial charge on any atom is 0.220 e. The molecule has 3 rings (SSSR count). The van der Waals surface area contributed by atoms with Crippen LogP contribution < -0.4 is 5.32 Å². The molecule has 12 N–H and O–H groups in total. The van der Waals surface area contributed by atoms with Crippen LogP contribution in [0.15, 0.2) is 134 Å². The molecule has 19 heteroatoms. The van der Waals surface area contributed by atoms with E-state index in [1.54, 1.807) is 6.08 Å². The van der Waals surface area contributed by atoms with Crippen LogP contribution >= 0.6 is 0 Å². The molecule has 17 unspecified atom stereocenters. The second kappa shape index (κ2) is 74.7. The molecule has 0 radical (unpaired) electrons. The predicted octanol–water partition coefficient (Wildman–Crippen LogP) is 18.4. The third-order valence-electron chi connectivity index (χ3n) is 22.2. The number of aliphatic hydroxyl groups excluding tert-OH is 11. The van der Waals surface area contributed by atoms with Gasteiger partial charge in [0.2, 0.25) is 5.91 Å². The number of carbonyl (C=O) groups is 1. The van der Waals surface area contributed by atoms with Crippen LogP contribution in [0.4, 0.5) is 0 Å². The van der Waals surface area contributed by atoms with E-state index in [0.717, 1.165) is 109 Å². The van der Waals surface area contributed by atoms with Crippen molar-refractivity contribution in [3.63, 3.8) is 0 Å². The molecular formula is C97H167NO18. The zero-order chi connectivity index (χ0) is 83.8. The van der Waals surface area contributed by atoms with E-state index in [1.165, 1.54) is 199 Å². The molecule has 3 heterocycles. The number of ether oxygens (including phenoxy) is 6. The van der Waals surface area contributed by atoms with Gasteiger partial charge in [0.1, 0.15) is 73.2 Å². The molecule has 3 fully saturated rings. The van der Waals surface area contributed by atoms with E-state index >= 15 is 0 Å². The molecule has 0 bridgehead atoms. The van der Waals surface area contributed by atoms with E-state index in [0.29, 0.717) is 12.8 Å². The van der Waals surface area contributed by atoms with Crippen LogP contribution in [0.25, 0.3) is 0 Å². The summed E-state index contributed by atoms with van der Waals surface area (Å²) in [7, 11) is 0. The highest BCUT2D eigenvalue weighted by molar-refractivity contribution is 5.76. The minimum atomic E-state index is -1.99. The monoisotopic (exact) mass is 1630 g/mol. The van der Waals surface area contributed by atoms with E-state index in [1.807, 2.05) is 6.08 Å². The highest BCUT2D eigenvalue weighted by Gasteiger charge is 2.54. The van der Waals surface area contributed by atoms with Crippen LogP contribution in [-0.4, -0.2) is 193 Å². The summed E-state index contributed by atoms with van der Waals surface area (Å²) < 4.78 is 34.5. The summed E-state index contributed by atoms with van der Waals surface area (Å²) in [6.45, 7) is 1.63. The maximum absolute atomic E-state index is 13.5. The summed E-state index contributed by atoms with van der Waals surface area (Å²) in [6.07, 6.45) is 81.7. The number of hydrogen-bond acceptors (Lipinski definition) is 18. The van der Waals surface area contributed by atoms with Gasteiger partial charge in [-0.25, -0.2) is 0 Å². The van der Waals surface area contributed by atoms with Crippen LogP contribution in [0.3, 0.4) is 0 Å². The Kier molecular flexibility index (Phi) is 68.4. The molecule has 3 aliphatic rings. The Bertz CT molecular complexity index is 2620. The van der Waals surface area contributed by atoms with Gasteiger partial charge in [0.25, 0.3) is 0 Å². The highest BCUT2D eigenvalue weighted by Crippen LogP contribution is 2.33. The van der Waals surface area contributed by atoms with Crippen molar-refractivity contribution in [1.82, 2.24) is 5.32 Å². The van der Waals surface area contributed by atoms with Gasteiger partial charge in [-0.05, 0) is 103 Å². The largest absolute Gasteiger partial charge is 0.394 e. The van der Waals surface area contributed by atoms with Gasteiger partial charge in [0, 0.05) is 6.42 Å². The number of aliphatic hydroxyl groups is 11. The van der Waals surface area contributed by atoms with Crippen molar-refractivity contribution in [3.8, 4) is 0 Å². The molecule has 0 aromatic carbocycles. The number of carbonyl (C=O) groups excluding carboxylic acids is 1. The number of rotatable bonds is 74. The molecule has 3 aliphatic heterocycles. The number of amides is 1. The van der Waals surface area contributed by atoms with Crippen molar-refractivity contribution < 1.29 is 89.4 Å². The van der Waals surface area contributed by atoms with Gasteiger partial charge in [-0.3, -0.25) is 4.79 Å². The Morgan fingerprint density at radius 1 is 0.319 bits per heavy atom. The summed E-state index contributed by atoms with van der Waals surface area (Å²) in [6, 6.07) is -1.00. The molecule has 19 nitrogen and oxygen atoms in total. The second-order valence-corrected chi connectivity index (χ2v) is 32.4. The summed E-state index contributed by atoms with van der Waals surface area (Å²) in [5.41, 5.74) is 0. The average molecular weight is 1640 g/mol. The zero-order valence-corrected chi connectivity index (χ0v) is 72.2. The van der Waals surface area contributed by atoms with Crippen molar-refractivity contribution in [2.45, 2.75) is 446 Å². The average Bonchev–Trinajstić information content (AvgIpc) is 0.779. The Balaban J connectivity index is 1.34. The SMILES string of the molecule is CC/C=C\C/C=C\C/C=C\C/C=C\C/C=C\C/C=C\C/C=C\C/C=C\C/C=C\CCCCCCCCCCCCCC(=O)NC(COC1OC(CO)C(OC2OC(CO)C(OC3OC(CO)C(O)C(O)C3O)C(O)C2O)C(O)C1O)C(O)/C=C/CC/C=C/CCCCCCCCCCCCCCCCCCCCCCCCCCCC. The van der Waals surface area contributed by atoms with Crippen molar-refractivity contribution in [1.29, 1.82) is 0 Å². The van der Waals surface area contributed by atoms with Gasteiger partial charge < -0.3 is 89.9 Å². The molecule has 0 aromatic rings. The Morgan fingerprint density at radius 3 is 0.966 bits per heavy atom.